The lowest BCUT2D eigenvalue weighted by molar-refractivity contribution is -0.137. The number of carbonyl (C=O) groups is 1. The maximum absolute atomic E-state index is 13.7. The number of rotatable bonds is 5. The van der Waals surface area contributed by atoms with Crippen molar-refractivity contribution < 1.29 is 18.0 Å². The zero-order valence-electron chi connectivity index (χ0n) is 18.0. The van der Waals surface area contributed by atoms with Gasteiger partial charge >= 0.3 is 6.18 Å². The van der Waals surface area contributed by atoms with Crippen molar-refractivity contribution in [1.29, 1.82) is 0 Å². The summed E-state index contributed by atoms with van der Waals surface area (Å²) in [7, 11) is 0. The molecule has 33 heavy (non-hydrogen) atoms. The number of hydrogen-bond donors (Lipinski definition) is 1. The minimum Gasteiger partial charge on any atom is -0.368 e. The second kappa shape index (κ2) is 8.44. The monoisotopic (exact) mass is 472 g/mol. The van der Waals surface area contributed by atoms with Gasteiger partial charge in [0.1, 0.15) is 11.5 Å². The van der Waals surface area contributed by atoms with E-state index in [2.05, 4.69) is 15.3 Å². The Hall–Kier alpha value is -2.94. The van der Waals surface area contributed by atoms with Crippen molar-refractivity contribution in [3.05, 3.63) is 64.9 Å². The molecule has 5 rings (SSSR count). The smallest absolute Gasteiger partial charge is 0.368 e. The molecule has 2 aliphatic rings. The molecule has 3 heterocycles. The maximum Gasteiger partial charge on any atom is 0.417 e. The Bertz CT molecular complexity index is 1150. The number of amides is 1. The van der Waals surface area contributed by atoms with Crippen LogP contribution in [0.15, 0.2) is 48.7 Å². The molecule has 5 nitrogen and oxygen atoms in total. The molecular weight excluding hydrogens is 449 g/mol. The van der Waals surface area contributed by atoms with Crippen LogP contribution in [-0.2, 0) is 6.18 Å². The number of hydrogen-bond acceptors (Lipinski definition) is 5. The third-order valence-electron chi connectivity index (χ3n) is 6.32. The van der Waals surface area contributed by atoms with Gasteiger partial charge in [0.25, 0.3) is 5.91 Å². The average Bonchev–Trinajstić information content (AvgIpc) is 3.49. The van der Waals surface area contributed by atoms with E-state index in [1.165, 1.54) is 17.4 Å². The van der Waals surface area contributed by atoms with Crippen molar-refractivity contribution >= 4 is 23.1 Å². The summed E-state index contributed by atoms with van der Waals surface area (Å²) in [6.45, 7) is 2.33. The molecule has 2 fully saturated rings. The van der Waals surface area contributed by atoms with Crippen molar-refractivity contribution in [3.8, 4) is 10.4 Å². The average molecular weight is 473 g/mol. The van der Waals surface area contributed by atoms with Crippen molar-refractivity contribution in [2.45, 2.75) is 44.4 Å². The molecule has 1 amide bonds. The highest BCUT2D eigenvalue weighted by Crippen LogP contribution is 2.46. The van der Waals surface area contributed by atoms with Gasteiger partial charge in [-0.25, -0.2) is 9.97 Å². The van der Waals surface area contributed by atoms with E-state index in [1.54, 1.807) is 0 Å². The zero-order valence-corrected chi connectivity index (χ0v) is 18.8. The molecule has 172 valence electrons. The Balaban J connectivity index is 1.35. The second-order valence-corrected chi connectivity index (χ2v) is 9.80. The van der Waals surface area contributed by atoms with E-state index < -0.39 is 11.7 Å². The first-order valence-corrected chi connectivity index (χ1v) is 11.8. The van der Waals surface area contributed by atoms with Gasteiger partial charge in [-0.2, -0.15) is 13.2 Å². The fourth-order valence-electron chi connectivity index (χ4n) is 4.58. The largest absolute Gasteiger partial charge is 0.417 e. The fourth-order valence-corrected chi connectivity index (χ4v) is 5.50. The summed E-state index contributed by atoms with van der Waals surface area (Å²) in [5, 5.41) is 3.97. The predicted molar refractivity (Wildman–Crippen MR) is 121 cm³/mol. The highest BCUT2D eigenvalue weighted by atomic mass is 32.1. The van der Waals surface area contributed by atoms with Crippen LogP contribution in [0.4, 0.5) is 19.0 Å². The van der Waals surface area contributed by atoms with E-state index in [0.29, 0.717) is 24.0 Å². The lowest BCUT2D eigenvalue weighted by Crippen LogP contribution is -2.48. The van der Waals surface area contributed by atoms with Crippen LogP contribution < -0.4 is 5.32 Å². The van der Waals surface area contributed by atoms with Gasteiger partial charge in [-0.1, -0.05) is 30.3 Å². The molecule has 0 spiro atoms. The standard InChI is InChI=1S/C24H23F3N4OS/c1-14-30-21(22(33-14)15-5-3-2-4-6-15)23(32)31-18(9-7-16-11-19(16)31)13-29-20-10-8-17(12-28-20)24(25,26)27/h2-6,8,10,12,16,18-19H,7,9,11,13H2,1H3,(H,28,29)/t16-,18-,19+/m0/s1. The Morgan fingerprint density at radius 1 is 1.18 bits per heavy atom. The summed E-state index contributed by atoms with van der Waals surface area (Å²) >= 11 is 1.51. The number of benzene rings is 1. The Labute approximate surface area is 193 Å². The Kier molecular flexibility index (Phi) is 5.60. The van der Waals surface area contributed by atoms with Gasteiger partial charge in [0.2, 0.25) is 0 Å². The van der Waals surface area contributed by atoms with Crippen LogP contribution in [-0.4, -0.2) is 39.4 Å². The topological polar surface area (TPSA) is 58.1 Å². The Morgan fingerprint density at radius 3 is 2.67 bits per heavy atom. The number of likely N-dealkylation sites (tertiary alicyclic amines) is 1. The van der Waals surface area contributed by atoms with E-state index in [4.69, 9.17) is 0 Å². The number of pyridine rings is 1. The summed E-state index contributed by atoms with van der Waals surface area (Å²) in [5.74, 6) is 0.815. The number of nitrogens with one attached hydrogen (secondary N) is 1. The van der Waals surface area contributed by atoms with Gasteiger partial charge in [0.05, 0.1) is 15.4 Å². The predicted octanol–water partition coefficient (Wildman–Crippen LogP) is 5.64. The first kappa shape index (κ1) is 21.9. The van der Waals surface area contributed by atoms with Gasteiger partial charge < -0.3 is 10.2 Å². The van der Waals surface area contributed by atoms with Crippen LogP contribution >= 0.6 is 11.3 Å². The molecule has 1 saturated heterocycles. The summed E-state index contributed by atoms with van der Waals surface area (Å²) in [4.78, 5) is 25.0. The number of carbonyl (C=O) groups excluding carboxylic acids is 1. The number of nitrogens with zero attached hydrogens (tertiary/aromatic N) is 3. The van der Waals surface area contributed by atoms with Gasteiger partial charge in [-0.15, -0.1) is 11.3 Å². The molecule has 0 unspecified atom stereocenters. The van der Waals surface area contributed by atoms with E-state index in [9.17, 15) is 18.0 Å². The van der Waals surface area contributed by atoms with Crippen molar-refractivity contribution in [2.24, 2.45) is 5.92 Å². The molecule has 1 aromatic carbocycles. The minimum absolute atomic E-state index is 0.0717. The Morgan fingerprint density at radius 2 is 1.97 bits per heavy atom. The number of aryl methyl sites for hydroxylation is 1. The van der Waals surface area contributed by atoms with Crippen LogP contribution in [0.2, 0.25) is 0 Å². The second-order valence-electron chi connectivity index (χ2n) is 8.59. The van der Waals surface area contributed by atoms with Crippen molar-refractivity contribution in [1.82, 2.24) is 14.9 Å². The molecule has 2 aromatic heterocycles. The van der Waals surface area contributed by atoms with E-state index in [1.807, 2.05) is 42.2 Å². The third-order valence-corrected chi connectivity index (χ3v) is 7.34. The van der Waals surface area contributed by atoms with Crippen LogP contribution in [0.3, 0.4) is 0 Å². The van der Waals surface area contributed by atoms with E-state index >= 15 is 0 Å². The highest BCUT2D eigenvalue weighted by molar-refractivity contribution is 7.15. The lowest BCUT2D eigenvalue weighted by Gasteiger charge is -2.36. The maximum atomic E-state index is 13.7. The van der Waals surface area contributed by atoms with Crippen LogP contribution in [0.25, 0.3) is 10.4 Å². The molecule has 0 bridgehead atoms. The number of anilines is 1. The number of halogens is 3. The number of aromatic nitrogens is 2. The minimum atomic E-state index is -4.42. The highest BCUT2D eigenvalue weighted by Gasteiger charge is 2.50. The number of alkyl halides is 3. The molecule has 9 heteroatoms. The third kappa shape index (κ3) is 4.46. The van der Waals surface area contributed by atoms with Gasteiger partial charge in [-0.05, 0) is 49.8 Å². The number of fused-ring (bicyclic) bond motifs is 1. The van der Waals surface area contributed by atoms with E-state index in [-0.39, 0.29) is 18.0 Å². The quantitative estimate of drug-likeness (QED) is 0.522. The molecular formula is C24H23F3N4OS. The first-order chi connectivity index (χ1) is 15.8. The SMILES string of the molecule is Cc1nc(C(=O)N2[C@H](CNc3ccc(C(F)(F)F)cn3)CC[C@H]3C[C@H]32)c(-c2ccccc2)s1. The normalized spacial score (nSPS) is 22.1. The number of thiazole rings is 1. The molecule has 3 atom stereocenters. The summed E-state index contributed by atoms with van der Waals surface area (Å²) in [6.07, 6.45) is -0.716. The van der Waals surface area contributed by atoms with E-state index in [0.717, 1.165) is 47.0 Å². The summed E-state index contributed by atoms with van der Waals surface area (Å²) in [6, 6.07) is 12.3. The first-order valence-electron chi connectivity index (χ1n) is 10.9. The molecule has 1 aliphatic heterocycles. The molecule has 1 aliphatic carbocycles. The van der Waals surface area contributed by atoms with Crippen molar-refractivity contribution in [2.75, 3.05) is 11.9 Å². The lowest BCUT2D eigenvalue weighted by atomic mass is 10.0. The van der Waals surface area contributed by atoms with Crippen LogP contribution in [0.1, 0.15) is 40.3 Å². The van der Waals surface area contributed by atoms with Gasteiger partial charge in [0, 0.05) is 24.8 Å². The van der Waals surface area contributed by atoms with Gasteiger partial charge in [-0.3, -0.25) is 4.79 Å². The number of piperidine rings is 1. The molecule has 1 N–H and O–H groups in total. The fraction of sp³-hybridized carbons (Fsp3) is 0.375. The summed E-state index contributed by atoms with van der Waals surface area (Å²) < 4.78 is 38.4. The van der Waals surface area contributed by atoms with Crippen LogP contribution in [0, 0.1) is 12.8 Å². The van der Waals surface area contributed by atoms with Crippen molar-refractivity contribution in [3.63, 3.8) is 0 Å². The molecule has 3 aromatic rings. The molecule has 1 saturated carbocycles. The molecule has 0 radical (unpaired) electrons. The summed E-state index contributed by atoms with van der Waals surface area (Å²) in [5.41, 5.74) is 0.670. The zero-order chi connectivity index (χ0) is 23.2. The van der Waals surface area contributed by atoms with Crippen LogP contribution in [0.5, 0.6) is 0 Å². The van der Waals surface area contributed by atoms with Gasteiger partial charge in [0.15, 0.2) is 0 Å².